The zero-order valence-electron chi connectivity index (χ0n) is 10.1. The molecule has 0 aromatic carbocycles. The summed E-state index contributed by atoms with van der Waals surface area (Å²) in [7, 11) is 0. The molecule has 2 heterocycles. The summed E-state index contributed by atoms with van der Waals surface area (Å²) >= 11 is 0. The van der Waals surface area contributed by atoms with Gasteiger partial charge in [0.15, 0.2) is 0 Å². The first-order chi connectivity index (χ1) is 8.29. The van der Waals surface area contributed by atoms with E-state index in [0.717, 1.165) is 24.2 Å². The van der Waals surface area contributed by atoms with Crippen LogP contribution >= 0.6 is 0 Å². The highest BCUT2D eigenvalue weighted by molar-refractivity contribution is 5.75. The van der Waals surface area contributed by atoms with Crippen LogP contribution in [0.2, 0.25) is 0 Å². The van der Waals surface area contributed by atoms with E-state index >= 15 is 0 Å². The Bertz CT molecular complexity index is 527. The van der Waals surface area contributed by atoms with Crippen LogP contribution in [0, 0.1) is 0 Å². The van der Waals surface area contributed by atoms with Crippen LogP contribution in [-0.4, -0.2) is 20.6 Å². The summed E-state index contributed by atoms with van der Waals surface area (Å²) in [5, 5.41) is 0. The van der Waals surface area contributed by atoms with E-state index in [0.29, 0.717) is 6.04 Å². The summed E-state index contributed by atoms with van der Waals surface area (Å²) in [6, 6.07) is 2.90. The highest BCUT2D eigenvalue weighted by Crippen LogP contribution is 2.38. The fraction of sp³-hybridized carbons (Fsp3) is 0.538. The van der Waals surface area contributed by atoms with Gasteiger partial charge in [-0.1, -0.05) is 6.92 Å². The van der Waals surface area contributed by atoms with Crippen molar-refractivity contribution in [2.24, 2.45) is 5.73 Å². The maximum Gasteiger partial charge on any atom is 0.111 e. The van der Waals surface area contributed by atoms with Crippen molar-refractivity contribution < 1.29 is 0 Å². The second kappa shape index (κ2) is 4.11. The van der Waals surface area contributed by atoms with Crippen molar-refractivity contribution in [1.29, 1.82) is 0 Å². The predicted octanol–water partition coefficient (Wildman–Crippen LogP) is 2.05. The van der Waals surface area contributed by atoms with Crippen molar-refractivity contribution in [3.63, 3.8) is 0 Å². The molecule has 90 valence electrons. The average molecular weight is 230 g/mol. The minimum Gasteiger partial charge on any atom is -0.327 e. The minimum atomic E-state index is 0.206. The lowest BCUT2D eigenvalue weighted by Gasteiger charge is -2.11. The number of pyridine rings is 1. The second-order valence-corrected chi connectivity index (χ2v) is 4.87. The molecule has 0 spiro atoms. The molecule has 0 radical (unpaired) electrons. The summed E-state index contributed by atoms with van der Waals surface area (Å²) < 4.78 is 2.37. The van der Waals surface area contributed by atoms with Crippen LogP contribution in [0.15, 0.2) is 18.5 Å². The lowest BCUT2D eigenvalue weighted by atomic mass is 10.1. The van der Waals surface area contributed by atoms with Gasteiger partial charge in [-0.3, -0.25) is 4.98 Å². The molecule has 1 saturated carbocycles. The molecule has 4 heteroatoms. The molecular formula is C13H18N4. The number of hydrogen-bond donors (Lipinski definition) is 1. The third-order valence-electron chi connectivity index (χ3n) is 3.45. The van der Waals surface area contributed by atoms with E-state index in [1.165, 1.54) is 18.4 Å². The van der Waals surface area contributed by atoms with Crippen LogP contribution < -0.4 is 5.73 Å². The van der Waals surface area contributed by atoms with Gasteiger partial charge < -0.3 is 10.3 Å². The molecule has 0 amide bonds. The Morgan fingerprint density at radius 2 is 2.35 bits per heavy atom. The fourth-order valence-electron chi connectivity index (χ4n) is 2.26. The summed E-state index contributed by atoms with van der Waals surface area (Å²) in [5.41, 5.74) is 8.25. The third kappa shape index (κ3) is 1.93. The normalized spacial score (nSPS) is 17.5. The van der Waals surface area contributed by atoms with Crippen molar-refractivity contribution in [2.75, 3.05) is 0 Å². The topological polar surface area (TPSA) is 56.7 Å². The first-order valence-electron chi connectivity index (χ1n) is 6.36. The number of imidazole rings is 1. The van der Waals surface area contributed by atoms with Gasteiger partial charge in [0.1, 0.15) is 11.3 Å². The Labute approximate surface area is 101 Å². The molecule has 17 heavy (non-hydrogen) atoms. The van der Waals surface area contributed by atoms with E-state index in [1.54, 1.807) is 0 Å². The monoisotopic (exact) mass is 230 g/mol. The Balaban J connectivity index is 2.06. The van der Waals surface area contributed by atoms with Crippen LogP contribution in [0.25, 0.3) is 11.0 Å². The van der Waals surface area contributed by atoms with Crippen LogP contribution in [0.1, 0.15) is 38.1 Å². The quantitative estimate of drug-likeness (QED) is 0.874. The van der Waals surface area contributed by atoms with Crippen molar-refractivity contribution >= 4 is 11.0 Å². The zero-order valence-corrected chi connectivity index (χ0v) is 10.1. The zero-order chi connectivity index (χ0) is 11.8. The first-order valence-corrected chi connectivity index (χ1v) is 6.36. The Morgan fingerprint density at radius 1 is 1.53 bits per heavy atom. The number of hydrogen-bond acceptors (Lipinski definition) is 3. The molecule has 1 aliphatic rings. The van der Waals surface area contributed by atoms with Gasteiger partial charge in [0.05, 0.1) is 11.7 Å². The van der Waals surface area contributed by atoms with Gasteiger partial charge in [0.25, 0.3) is 0 Å². The molecule has 1 aliphatic carbocycles. The molecule has 2 aromatic heterocycles. The summed E-state index contributed by atoms with van der Waals surface area (Å²) in [6.07, 6.45) is 8.07. The highest BCUT2D eigenvalue weighted by atomic mass is 15.1. The predicted molar refractivity (Wildman–Crippen MR) is 67.8 cm³/mol. The maximum atomic E-state index is 6.05. The highest BCUT2D eigenvalue weighted by Gasteiger charge is 2.28. The molecule has 1 unspecified atom stereocenters. The molecule has 0 saturated heterocycles. The standard InChI is InChI=1S/C13H18N4/c1-2-9(14)7-13-16-11-8-15-6-5-12(11)17(13)10-3-4-10/h5-6,8-10H,2-4,7,14H2,1H3. The summed E-state index contributed by atoms with van der Waals surface area (Å²) in [4.78, 5) is 8.82. The van der Waals surface area contributed by atoms with Crippen molar-refractivity contribution in [3.8, 4) is 0 Å². The number of rotatable bonds is 4. The van der Waals surface area contributed by atoms with Gasteiger partial charge in [-0.15, -0.1) is 0 Å². The molecule has 2 N–H and O–H groups in total. The molecule has 1 fully saturated rings. The van der Waals surface area contributed by atoms with E-state index in [-0.39, 0.29) is 6.04 Å². The SMILES string of the molecule is CCC(N)Cc1nc2cnccc2n1C1CC1. The molecular weight excluding hydrogens is 212 g/mol. The Kier molecular flexibility index (Phi) is 2.59. The van der Waals surface area contributed by atoms with E-state index in [1.807, 2.05) is 12.4 Å². The molecule has 2 aromatic rings. The van der Waals surface area contributed by atoms with E-state index in [2.05, 4.69) is 27.5 Å². The van der Waals surface area contributed by atoms with Crippen LogP contribution in [0.5, 0.6) is 0 Å². The van der Waals surface area contributed by atoms with Crippen LogP contribution in [-0.2, 0) is 6.42 Å². The molecule has 0 bridgehead atoms. The van der Waals surface area contributed by atoms with Gasteiger partial charge >= 0.3 is 0 Å². The smallest absolute Gasteiger partial charge is 0.111 e. The Hall–Kier alpha value is -1.42. The molecule has 0 aliphatic heterocycles. The van der Waals surface area contributed by atoms with E-state index in [4.69, 9.17) is 5.73 Å². The minimum absolute atomic E-state index is 0.206. The van der Waals surface area contributed by atoms with Crippen molar-refractivity contribution in [1.82, 2.24) is 14.5 Å². The average Bonchev–Trinajstić information content (AvgIpc) is 3.11. The molecule has 4 nitrogen and oxygen atoms in total. The van der Waals surface area contributed by atoms with E-state index in [9.17, 15) is 0 Å². The Morgan fingerprint density at radius 3 is 3.06 bits per heavy atom. The lowest BCUT2D eigenvalue weighted by Crippen LogP contribution is -2.23. The van der Waals surface area contributed by atoms with Gasteiger partial charge in [-0.25, -0.2) is 4.98 Å². The number of aromatic nitrogens is 3. The van der Waals surface area contributed by atoms with Gasteiger partial charge in [-0.2, -0.15) is 0 Å². The van der Waals surface area contributed by atoms with E-state index < -0.39 is 0 Å². The molecule has 3 rings (SSSR count). The fourth-order valence-corrected chi connectivity index (χ4v) is 2.26. The van der Waals surface area contributed by atoms with Crippen LogP contribution in [0.3, 0.4) is 0 Å². The summed E-state index contributed by atoms with van der Waals surface area (Å²) in [6.45, 7) is 2.12. The third-order valence-corrected chi connectivity index (χ3v) is 3.45. The van der Waals surface area contributed by atoms with Gasteiger partial charge in [0, 0.05) is 24.7 Å². The van der Waals surface area contributed by atoms with Crippen molar-refractivity contribution in [2.45, 2.75) is 44.7 Å². The second-order valence-electron chi connectivity index (χ2n) is 4.87. The first kappa shape index (κ1) is 10.7. The number of fused-ring (bicyclic) bond motifs is 1. The maximum absolute atomic E-state index is 6.05. The van der Waals surface area contributed by atoms with Crippen molar-refractivity contribution in [3.05, 3.63) is 24.3 Å². The summed E-state index contributed by atoms with van der Waals surface area (Å²) in [5.74, 6) is 1.13. The largest absolute Gasteiger partial charge is 0.327 e. The van der Waals surface area contributed by atoms with Gasteiger partial charge in [-0.05, 0) is 25.3 Å². The molecule has 1 atom stereocenters. The number of nitrogens with two attached hydrogens (primary N) is 1. The van der Waals surface area contributed by atoms with Crippen LogP contribution in [0.4, 0.5) is 0 Å². The lowest BCUT2D eigenvalue weighted by molar-refractivity contribution is 0.592. The number of nitrogens with zero attached hydrogens (tertiary/aromatic N) is 3. The van der Waals surface area contributed by atoms with Gasteiger partial charge in [0.2, 0.25) is 0 Å².